The van der Waals surface area contributed by atoms with E-state index in [9.17, 15) is 4.79 Å². The Balaban J connectivity index is 3.08. The molecule has 0 spiro atoms. The minimum Gasteiger partial charge on any atom is -0.481 e. The summed E-state index contributed by atoms with van der Waals surface area (Å²) in [5, 5.41) is 8.54. The molecule has 0 fully saturated rings. The van der Waals surface area contributed by atoms with Gasteiger partial charge in [0.1, 0.15) is 0 Å². The van der Waals surface area contributed by atoms with Gasteiger partial charge in [-0.25, -0.2) is 0 Å². The molecule has 0 aliphatic carbocycles. The third-order valence-electron chi connectivity index (χ3n) is 2.48. The van der Waals surface area contributed by atoms with Gasteiger partial charge in [-0.1, -0.05) is 13.3 Å². The Morgan fingerprint density at radius 1 is 0.950 bits per heavy atom. The second-order valence-electron chi connectivity index (χ2n) is 4.47. The van der Waals surface area contributed by atoms with Crippen LogP contribution in [0.1, 0.15) is 33.1 Å². The molecule has 0 aliphatic rings. The van der Waals surface area contributed by atoms with Crippen molar-refractivity contribution in [3.8, 4) is 0 Å². The maximum Gasteiger partial charge on any atom is 0.305 e. The average Bonchev–Trinajstić information content (AvgIpc) is 2.39. The molecule has 20 heavy (non-hydrogen) atoms. The Hall–Kier alpha value is -0.690. The Morgan fingerprint density at radius 2 is 1.45 bits per heavy atom. The summed E-state index contributed by atoms with van der Waals surface area (Å²) in [5.74, 6) is -0.854. The molecule has 0 aromatic heterocycles. The Bertz CT molecular complexity index is 222. The first-order valence-electron chi connectivity index (χ1n) is 7.23. The van der Waals surface area contributed by atoms with Crippen LogP contribution in [0.2, 0.25) is 0 Å². The van der Waals surface area contributed by atoms with E-state index in [4.69, 9.17) is 24.1 Å². The van der Waals surface area contributed by atoms with Crippen molar-refractivity contribution >= 4 is 5.97 Å². The van der Waals surface area contributed by atoms with Crippen LogP contribution in [0.5, 0.6) is 0 Å². The number of aliphatic carboxylic acids is 1. The van der Waals surface area contributed by atoms with Crippen LogP contribution in [0, 0.1) is 0 Å². The van der Waals surface area contributed by atoms with Gasteiger partial charge in [-0.05, 0) is 13.3 Å². The molecule has 1 atom stereocenters. The molecule has 0 aromatic carbocycles. The zero-order chi connectivity index (χ0) is 15.1. The van der Waals surface area contributed by atoms with Gasteiger partial charge in [0.15, 0.2) is 0 Å². The Morgan fingerprint density at radius 3 is 1.95 bits per heavy atom. The highest BCUT2D eigenvalue weighted by molar-refractivity contribution is 5.67. The quantitative estimate of drug-likeness (QED) is 0.463. The normalized spacial score (nSPS) is 12.5. The van der Waals surface area contributed by atoms with Gasteiger partial charge in [-0.3, -0.25) is 4.79 Å². The lowest BCUT2D eigenvalue weighted by Gasteiger charge is -2.11. The number of ether oxygens (including phenoxy) is 4. The molecule has 0 aliphatic heterocycles. The molecular weight excluding hydrogens is 264 g/mol. The molecule has 0 heterocycles. The lowest BCUT2D eigenvalue weighted by atomic mass is 10.3. The van der Waals surface area contributed by atoms with Gasteiger partial charge in [-0.15, -0.1) is 0 Å². The van der Waals surface area contributed by atoms with Gasteiger partial charge in [0.05, 0.1) is 52.2 Å². The van der Waals surface area contributed by atoms with E-state index < -0.39 is 5.97 Å². The molecule has 0 saturated carbocycles. The molecule has 120 valence electrons. The predicted octanol–water partition coefficient (Wildman–Crippen LogP) is 1.72. The number of unbranched alkanes of at least 4 members (excludes halogenated alkanes) is 1. The summed E-state index contributed by atoms with van der Waals surface area (Å²) in [4.78, 5) is 10.4. The molecule has 1 N–H and O–H groups in total. The zero-order valence-electron chi connectivity index (χ0n) is 12.6. The monoisotopic (exact) mass is 292 g/mol. The molecule has 6 nitrogen and oxygen atoms in total. The van der Waals surface area contributed by atoms with Crippen LogP contribution >= 0.6 is 0 Å². The van der Waals surface area contributed by atoms with E-state index in [2.05, 4.69) is 6.92 Å². The summed E-state index contributed by atoms with van der Waals surface area (Å²) in [6, 6.07) is 0. The third-order valence-corrected chi connectivity index (χ3v) is 2.48. The van der Waals surface area contributed by atoms with Crippen molar-refractivity contribution < 1.29 is 28.8 Å². The fourth-order valence-corrected chi connectivity index (χ4v) is 1.40. The van der Waals surface area contributed by atoms with Crippen molar-refractivity contribution in [1.82, 2.24) is 0 Å². The molecule has 0 bridgehead atoms. The van der Waals surface area contributed by atoms with E-state index in [1.165, 1.54) is 0 Å². The van der Waals surface area contributed by atoms with Gasteiger partial charge >= 0.3 is 5.97 Å². The highest BCUT2D eigenvalue weighted by atomic mass is 16.6. The first-order valence-corrected chi connectivity index (χ1v) is 7.23. The first-order chi connectivity index (χ1) is 9.66. The van der Waals surface area contributed by atoms with E-state index in [0.717, 1.165) is 19.4 Å². The van der Waals surface area contributed by atoms with Crippen LogP contribution < -0.4 is 0 Å². The molecule has 0 saturated heterocycles. The summed E-state index contributed by atoms with van der Waals surface area (Å²) in [5.41, 5.74) is 0. The molecular formula is C14H28O6. The number of carboxylic acids is 1. The predicted molar refractivity (Wildman–Crippen MR) is 75.0 cm³/mol. The highest BCUT2D eigenvalue weighted by Gasteiger charge is 2.06. The van der Waals surface area contributed by atoms with E-state index in [1.54, 1.807) is 6.92 Å². The number of hydrogen-bond donors (Lipinski definition) is 1. The highest BCUT2D eigenvalue weighted by Crippen LogP contribution is 1.96. The fourth-order valence-electron chi connectivity index (χ4n) is 1.40. The van der Waals surface area contributed by atoms with E-state index in [-0.39, 0.29) is 12.5 Å². The van der Waals surface area contributed by atoms with E-state index in [0.29, 0.717) is 39.6 Å². The number of hydrogen-bond acceptors (Lipinski definition) is 5. The van der Waals surface area contributed by atoms with Crippen LogP contribution in [-0.2, 0) is 23.7 Å². The van der Waals surface area contributed by atoms with E-state index in [1.807, 2.05) is 0 Å². The van der Waals surface area contributed by atoms with Crippen molar-refractivity contribution in [2.75, 3.05) is 46.2 Å². The van der Waals surface area contributed by atoms with Gasteiger partial charge in [-0.2, -0.15) is 0 Å². The topological polar surface area (TPSA) is 74.2 Å². The third kappa shape index (κ3) is 15.4. The van der Waals surface area contributed by atoms with Crippen molar-refractivity contribution in [2.24, 2.45) is 0 Å². The molecule has 0 unspecified atom stereocenters. The molecule has 6 heteroatoms. The van der Waals surface area contributed by atoms with Gasteiger partial charge < -0.3 is 24.1 Å². The van der Waals surface area contributed by atoms with Gasteiger partial charge in [0.25, 0.3) is 0 Å². The molecule has 0 radical (unpaired) electrons. The summed E-state index contributed by atoms with van der Waals surface area (Å²) < 4.78 is 21.2. The standard InChI is InChI=1S/C14H28O6/c1-3-4-5-17-6-7-18-8-9-19-10-11-20-13(2)12-14(15)16/h13H,3-12H2,1-2H3,(H,15,16)/t13-/m0/s1. The maximum atomic E-state index is 10.4. The van der Waals surface area contributed by atoms with Crippen molar-refractivity contribution in [1.29, 1.82) is 0 Å². The average molecular weight is 292 g/mol. The first kappa shape index (κ1) is 19.3. The molecule has 0 aromatic rings. The van der Waals surface area contributed by atoms with Gasteiger partial charge in [0, 0.05) is 6.61 Å². The van der Waals surface area contributed by atoms with E-state index >= 15 is 0 Å². The lowest BCUT2D eigenvalue weighted by molar-refractivity contribution is -0.140. The Labute approximate surface area is 121 Å². The number of carboxylic acid groups (broad SMARTS) is 1. The van der Waals surface area contributed by atoms with Crippen LogP contribution in [0.4, 0.5) is 0 Å². The SMILES string of the molecule is CCCCOCCOCCOCCO[C@@H](C)CC(=O)O. The number of carbonyl (C=O) groups is 1. The molecule has 0 rings (SSSR count). The lowest BCUT2D eigenvalue weighted by Crippen LogP contribution is -2.17. The van der Waals surface area contributed by atoms with Crippen LogP contribution in [-0.4, -0.2) is 63.4 Å². The number of rotatable bonds is 15. The second kappa shape index (κ2) is 14.7. The smallest absolute Gasteiger partial charge is 0.305 e. The minimum absolute atomic E-state index is 0.0150. The summed E-state index contributed by atoms with van der Waals surface area (Å²) >= 11 is 0. The van der Waals surface area contributed by atoms with Crippen LogP contribution in [0.25, 0.3) is 0 Å². The van der Waals surface area contributed by atoms with Crippen LogP contribution in [0.3, 0.4) is 0 Å². The Kier molecular flexibility index (Phi) is 14.2. The van der Waals surface area contributed by atoms with Gasteiger partial charge in [0.2, 0.25) is 0 Å². The molecule has 0 amide bonds. The second-order valence-corrected chi connectivity index (χ2v) is 4.47. The summed E-state index contributed by atoms with van der Waals surface area (Å²) in [6.45, 7) is 7.73. The summed E-state index contributed by atoms with van der Waals surface area (Å²) in [6.07, 6.45) is 1.96. The minimum atomic E-state index is -0.854. The van der Waals surface area contributed by atoms with Crippen molar-refractivity contribution in [2.45, 2.75) is 39.2 Å². The van der Waals surface area contributed by atoms with Crippen molar-refractivity contribution in [3.05, 3.63) is 0 Å². The van der Waals surface area contributed by atoms with Crippen molar-refractivity contribution in [3.63, 3.8) is 0 Å². The zero-order valence-corrected chi connectivity index (χ0v) is 12.6. The largest absolute Gasteiger partial charge is 0.481 e. The fraction of sp³-hybridized carbons (Fsp3) is 0.929. The van der Waals surface area contributed by atoms with Crippen LogP contribution in [0.15, 0.2) is 0 Å². The summed E-state index contributed by atoms with van der Waals surface area (Å²) in [7, 11) is 0. The maximum absolute atomic E-state index is 10.4.